The van der Waals surface area contributed by atoms with E-state index in [1.165, 1.54) is 0 Å². The highest BCUT2D eigenvalue weighted by molar-refractivity contribution is 7.80. The van der Waals surface area contributed by atoms with Crippen LogP contribution in [0.3, 0.4) is 0 Å². The Labute approximate surface area is 89.2 Å². The van der Waals surface area contributed by atoms with Crippen LogP contribution in [0.4, 0.5) is 0 Å². The fourth-order valence-electron chi connectivity index (χ4n) is 0.945. The van der Waals surface area contributed by atoms with Gasteiger partial charge in [0, 0.05) is 11.3 Å². The number of rotatable bonds is 3. The zero-order chi connectivity index (χ0) is 9.68. The number of hydrogen-bond acceptors (Lipinski definition) is 2. The first kappa shape index (κ1) is 10.6. The largest absolute Gasteiger partial charge is 0.241 e. The summed E-state index contributed by atoms with van der Waals surface area (Å²) < 4.78 is 0. The van der Waals surface area contributed by atoms with Crippen LogP contribution in [0.25, 0.3) is 6.08 Å². The van der Waals surface area contributed by atoms with Crippen molar-refractivity contribution in [2.75, 3.05) is 5.75 Å². The van der Waals surface area contributed by atoms with Crippen molar-refractivity contribution < 1.29 is 0 Å². The van der Waals surface area contributed by atoms with Gasteiger partial charge in [-0.3, -0.25) is 0 Å². The fraction of sp³-hybridized carbons (Fsp3) is 0.300. The molecule has 0 radical (unpaired) electrons. The minimum absolute atomic E-state index is 0.565. The van der Waals surface area contributed by atoms with Gasteiger partial charge >= 0.3 is 0 Å². The molecule has 0 aliphatic heterocycles. The molecule has 0 aromatic carbocycles. The highest BCUT2D eigenvalue weighted by atomic mass is 35.5. The molecule has 0 N–H and O–H groups in total. The van der Waals surface area contributed by atoms with Gasteiger partial charge in [0.15, 0.2) is 0 Å². The van der Waals surface area contributed by atoms with Crippen LogP contribution < -0.4 is 0 Å². The summed E-state index contributed by atoms with van der Waals surface area (Å²) in [5.74, 6) is 0.855. The molecule has 13 heavy (non-hydrogen) atoms. The monoisotopic (exact) mass is 213 g/mol. The molecule has 0 aliphatic rings. The van der Waals surface area contributed by atoms with Crippen LogP contribution in [0.2, 0.25) is 5.15 Å². The van der Waals surface area contributed by atoms with E-state index in [0.717, 1.165) is 23.4 Å². The summed E-state index contributed by atoms with van der Waals surface area (Å²) in [4.78, 5) is 4.15. The minimum atomic E-state index is 0.565. The topological polar surface area (TPSA) is 12.9 Å². The van der Waals surface area contributed by atoms with Crippen LogP contribution >= 0.6 is 24.2 Å². The Morgan fingerprint density at radius 3 is 2.92 bits per heavy atom. The van der Waals surface area contributed by atoms with Gasteiger partial charge in [-0.1, -0.05) is 29.8 Å². The lowest BCUT2D eigenvalue weighted by atomic mass is 10.2. The Bertz CT molecular complexity index is 310. The van der Waals surface area contributed by atoms with Crippen molar-refractivity contribution in [1.82, 2.24) is 4.98 Å². The molecule has 1 nitrogen and oxygen atoms in total. The normalized spacial score (nSPS) is 11.0. The predicted octanol–water partition coefficient (Wildman–Crippen LogP) is 3.38. The predicted molar refractivity (Wildman–Crippen MR) is 61.5 cm³/mol. The number of nitrogens with zero attached hydrogens (tertiary/aromatic N) is 1. The zero-order valence-corrected chi connectivity index (χ0v) is 9.15. The lowest BCUT2D eigenvalue weighted by molar-refractivity contribution is 1.19. The van der Waals surface area contributed by atoms with Gasteiger partial charge in [0.2, 0.25) is 0 Å². The molecule has 0 fully saturated rings. The molecular weight excluding hydrogens is 202 g/mol. The summed E-state index contributed by atoms with van der Waals surface area (Å²) in [5.41, 5.74) is 1.91. The lowest BCUT2D eigenvalue weighted by Gasteiger charge is -1.98. The van der Waals surface area contributed by atoms with Crippen LogP contribution in [-0.4, -0.2) is 10.7 Å². The minimum Gasteiger partial charge on any atom is -0.241 e. The smallest absolute Gasteiger partial charge is 0.136 e. The standard InChI is InChI=1S/C10H12ClNS/c1-8-5-6-9(10(11)12-8)4-2-3-7-13/h2,4-6,13H,3,7H2,1H3. The summed E-state index contributed by atoms with van der Waals surface area (Å²) >= 11 is 10.0. The van der Waals surface area contributed by atoms with Crippen molar-refractivity contribution in [1.29, 1.82) is 0 Å². The molecule has 70 valence electrons. The molecule has 1 aromatic heterocycles. The third-order valence-electron chi connectivity index (χ3n) is 1.61. The quantitative estimate of drug-likeness (QED) is 0.600. The molecule has 0 bridgehead atoms. The highest BCUT2D eigenvalue weighted by Crippen LogP contribution is 2.15. The lowest BCUT2D eigenvalue weighted by Crippen LogP contribution is -1.84. The van der Waals surface area contributed by atoms with E-state index in [4.69, 9.17) is 11.6 Å². The van der Waals surface area contributed by atoms with E-state index < -0.39 is 0 Å². The molecule has 0 saturated carbocycles. The summed E-state index contributed by atoms with van der Waals surface area (Å²) in [6.45, 7) is 1.92. The van der Waals surface area contributed by atoms with Crippen LogP contribution in [0.5, 0.6) is 0 Å². The van der Waals surface area contributed by atoms with Gasteiger partial charge in [0.05, 0.1) is 0 Å². The van der Waals surface area contributed by atoms with Gasteiger partial charge in [-0.2, -0.15) is 12.6 Å². The van der Waals surface area contributed by atoms with E-state index in [-0.39, 0.29) is 0 Å². The van der Waals surface area contributed by atoms with Crippen molar-refractivity contribution in [2.45, 2.75) is 13.3 Å². The number of aromatic nitrogens is 1. The van der Waals surface area contributed by atoms with E-state index in [9.17, 15) is 0 Å². The van der Waals surface area contributed by atoms with Gasteiger partial charge in [-0.05, 0) is 25.2 Å². The molecule has 0 atom stereocenters. The Morgan fingerprint density at radius 2 is 2.31 bits per heavy atom. The van der Waals surface area contributed by atoms with Crippen molar-refractivity contribution >= 4 is 30.3 Å². The number of aryl methyl sites for hydroxylation is 1. The Hall–Kier alpha value is -0.470. The number of thiol groups is 1. The number of allylic oxidation sites excluding steroid dienone is 1. The van der Waals surface area contributed by atoms with E-state index in [1.807, 2.05) is 31.2 Å². The molecule has 1 rings (SSSR count). The summed E-state index contributed by atoms with van der Waals surface area (Å²) in [6.07, 6.45) is 4.98. The van der Waals surface area contributed by atoms with Gasteiger partial charge in [0.25, 0.3) is 0 Å². The van der Waals surface area contributed by atoms with E-state index in [1.54, 1.807) is 0 Å². The second-order valence-corrected chi connectivity index (χ2v) is 3.55. The van der Waals surface area contributed by atoms with Gasteiger partial charge in [-0.25, -0.2) is 4.98 Å². The van der Waals surface area contributed by atoms with Crippen molar-refractivity contribution in [3.8, 4) is 0 Å². The first-order valence-electron chi connectivity index (χ1n) is 4.14. The SMILES string of the molecule is Cc1ccc(C=CCCS)c(Cl)n1. The maximum absolute atomic E-state index is 5.93. The molecule has 0 amide bonds. The van der Waals surface area contributed by atoms with Crippen LogP contribution in [0.15, 0.2) is 18.2 Å². The molecule has 0 spiro atoms. The van der Waals surface area contributed by atoms with Crippen LogP contribution in [0.1, 0.15) is 17.7 Å². The molecule has 1 aromatic rings. The fourth-order valence-corrected chi connectivity index (χ4v) is 1.35. The van der Waals surface area contributed by atoms with Gasteiger partial charge in [-0.15, -0.1) is 0 Å². The van der Waals surface area contributed by atoms with E-state index >= 15 is 0 Å². The number of hydrogen-bond donors (Lipinski definition) is 1. The van der Waals surface area contributed by atoms with Crippen LogP contribution in [-0.2, 0) is 0 Å². The second kappa shape index (κ2) is 5.30. The maximum atomic E-state index is 5.93. The average Bonchev–Trinajstić information content (AvgIpc) is 2.09. The Balaban J connectivity index is 2.77. The van der Waals surface area contributed by atoms with Crippen molar-refractivity contribution in [2.24, 2.45) is 0 Å². The third-order valence-corrected chi connectivity index (χ3v) is 2.17. The molecule has 1 heterocycles. The highest BCUT2D eigenvalue weighted by Gasteiger charge is 1.96. The zero-order valence-electron chi connectivity index (χ0n) is 7.50. The summed E-state index contributed by atoms with van der Waals surface area (Å²) in [7, 11) is 0. The molecule has 3 heteroatoms. The summed E-state index contributed by atoms with van der Waals surface area (Å²) in [6, 6.07) is 3.92. The van der Waals surface area contributed by atoms with Crippen molar-refractivity contribution in [3.63, 3.8) is 0 Å². The van der Waals surface area contributed by atoms with E-state index in [2.05, 4.69) is 17.6 Å². The molecule has 0 unspecified atom stereocenters. The maximum Gasteiger partial charge on any atom is 0.136 e. The third kappa shape index (κ3) is 3.41. The Kier molecular flexibility index (Phi) is 4.33. The molecule has 0 aliphatic carbocycles. The first-order valence-corrected chi connectivity index (χ1v) is 5.15. The molecular formula is C10H12ClNS. The average molecular weight is 214 g/mol. The van der Waals surface area contributed by atoms with Gasteiger partial charge < -0.3 is 0 Å². The molecule has 0 saturated heterocycles. The first-order chi connectivity index (χ1) is 6.24. The van der Waals surface area contributed by atoms with Crippen LogP contribution in [0, 0.1) is 6.92 Å². The summed E-state index contributed by atoms with van der Waals surface area (Å²) in [5, 5.41) is 0.565. The van der Waals surface area contributed by atoms with Gasteiger partial charge in [0.1, 0.15) is 5.15 Å². The number of halogens is 1. The number of pyridine rings is 1. The Morgan fingerprint density at radius 1 is 1.54 bits per heavy atom. The second-order valence-electron chi connectivity index (χ2n) is 2.75. The van der Waals surface area contributed by atoms with E-state index in [0.29, 0.717) is 5.15 Å². The van der Waals surface area contributed by atoms with Crippen molar-refractivity contribution in [3.05, 3.63) is 34.6 Å².